The fourth-order valence-electron chi connectivity index (χ4n) is 3.26. The van der Waals surface area contributed by atoms with Crippen LogP contribution in [0.3, 0.4) is 0 Å². The van der Waals surface area contributed by atoms with E-state index in [0.29, 0.717) is 12.2 Å². The quantitative estimate of drug-likeness (QED) is 0.751. The van der Waals surface area contributed by atoms with Crippen molar-refractivity contribution in [3.63, 3.8) is 0 Å². The Kier molecular flexibility index (Phi) is 4.53. The molecule has 1 amide bonds. The van der Waals surface area contributed by atoms with Gasteiger partial charge < -0.3 is 20.1 Å². The highest BCUT2D eigenvalue weighted by Crippen LogP contribution is 2.19. The highest BCUT2D eigenvalue weighted by molar-refractivity contribution is 5.95. The number of anilines is 2. The fourth-order valence-corrected chi connectivity index (χ4v) is 3.26. The first kappa shape index (κ1) is 16.5. The van der Waals surface area contributed by atoms with Gasteiger partial charge in [0, 0.05) is 49.3 Å². The molecule has 2 N–H and O–H groups in total. The summed E-state index contributed by atoms with van der Waals surface area (Å²) >= 11 is 0. The molecule has 1 fully saturated rings. The van der Waals surface area contributed by atoms with Gasteiger partial charge in [-0.3, -0.25) is 4.79 Å². The van der Waals surface area contributed by atoms with Crippen molar-refractivity contribution < 1.29 is 4.79 Å². The van der Waals surface area contributed by atoms with Crippen LogP contribution in [0.1, 0.15) is 5.56 Å². The lowest BCUT2D eigenvalue weighted by atomic mass is 10.1. The van der Waals surface area contributed by atoms with Gasteiger partial charge in [-0.1, -0.05) is 18.2 Å². The Morgan fingerprint density at radius 1 is 1.19 bits per heavy atom. The van der Waals surface area contributed by atoms with Gasteiger partial charge >= 0.3 is 0 Å². The van der Waals surface area contributed by atoms with Crippen molar-refractivity contribution in [2.45, 2.75) is 6.42 Å². The number of carbonyl (C=O) groups excluding carboxylic acids is 1. The Labute approximate surface area is 152 Å². The molecule has 7 nitrogen and oxygen atoms in total. The molecule has 1 aliphatic rings. The van der Waals surface area contributed by atoms with Gasteiger partial charge in [-0.15, -0.1) is 0 Å². The summed E-state index contributed by atoms with van der Waals surface area (Å²) in [6.45, 7) is 3.87. The van der Waals surface area contributed by atoms with Crippen molar-refractivity contribution in [1.82, 2.24) is 19.9 Å². The summed E-state index contributed by atoms with van der Waals surface area (Å²) in [7, 11) is 2.12. The number of para-hydroxylation sites is 1. The molecule has 0 saturated carbocycles. The number of fused-ring (bicyclic) bond motifs is 1. The van der Waals surface area contributed by atoms with E-state index in [2.05, 4.69) is 37.1 Å². The molecule has 4 rings (SSSR count). The summed E-state index contributed by atoms with van der Waals surface area (Å²) in [5.74, 6) is 1.31. The predicted molar refractivity (Wildman–Crippen MR) is 102 cm³/mol. The first-order valence-electron chi connectivity index (χ1n) is 8.79. The van der Waals surface area contributed by atoms with E-state index in [4.69, 9.17) is 0 Å². The van der Waals surface area contributed by atoms with E-state index in [-0.39, 0.29) is 5.91 Å². The van der Waals surface area contributed by atoms with E-state index in [0.717, 1.165) is 48.5 Å². The highest BCUT2D eigenvalue weighted by atomic mass is 16.1. The second kappa shape index (κ2) is 7.13. The number of benzene rings is 1. The Morgan fingerprint density at radius 2 is 2.00 bits per heavy atom. The summed E-state index contributed by atoms with van der Waals surface area (Å²) in [6, 6.07) is 9.82. The van der Waals surface area contributed by atoms with Gasteiger partial charge in [0.05, 0.1) is 6.42 Å². The van der Waals surface area contributed by atoms with E-state index in [1.165, 1.54) is 6.33 Å². The number of rotatable bonds is 4. The largest absolute Gasteiger partial charge is 0.361 e. The molecular weight excluding hydrogens is 328 g/mol. The van der Waals surface area contributed by atoms with Crippen molar-refractivity contribution >= 4 is 28.4 Å². The third kappa shape index (κ3) is 3.52. The molecule has 3 heterocycles. The monoisotopic (exact) mass is 350 g/mol. The summed E-state index contributed by atoms with van der Waals surface area (Å²) in [5, 5.41) is 3.96. The molecule has 134 valence electrons. The zero-order valence-electron chi connectivity index (χ0n) is 14.8. The summed E-state index contributed by atoms with van der Waals surface area (Å²) in [6.07, 6.45) is 3.70. The summed E-state index contributed by atoms with van der Waals surface area (Å²) in [4.78, 5) is 28.7. The highest BCUT2D eigenvalue weighted by Gasteiger charge is 2.16. The zero-order valence-corrected chi connectivity index (χ0v) is 14.8. The number of likely N-dealkylation sites (N-methyl/N-ethyl adjacent to an activating group) is 1. The standard InChI is InChI=1S/C19H22N6O/c1-24-6-8-25(9-7-24)18-11-17(21-13-22-18)23-19(26)10-14-12-20-16-5-3-2-4-15(14)16/h2-5,11-13,20H,6-10H2,1H3,(H,21,22,23,26). The number of H-pyrrole nitrogens is 1. The van der Waals surface area contributed by atoms with Crippen LogP contribution in [0.2, 0.25) is 0 Å². The smallest absolute Gasteiger partial charge is 0.230 e. The number of aromatic nitrogens is 3. The molecule has 0 bridgehead atoms. The Balaban J connectivity index is 1.43. The topological polar surface area (TPSA) is 77.1 Å². The Morgan fingerprint density at radius 3 is 2.85 bits per heavy atom. The van der Waals surface area contributed by atoms with Gasteiger partial charge in [0.2, 0.25) is 5.91 Å². The van der Waals surface area contributed by atoms with Crippen LogP contribution < -0.4 is 10.2 Å². The maximum atomic E-state index is 12.4. The molecule has 0 aliphatic carbocycles. The van der Waals surface area contributed by atoms with Gasteiger partial charge in [0.15, 0.2) is 0 Å². The number of aromatic amines is 1. The second-order valence-electron chi connectivity index (χ2n) is 6.64. The predicted octanol–water partition coefficient (Wildman–Crippen LogP) is 1.89. The molecule has 0 unspecified atom stereocenters. The molecule has 3 aromatic rings. The molecule has 1 aromatic carbocycles. The van der Waals surface area contributed by atoms with Gasteiger partial charge in [0.1, 0.15) is 18.0 Å². The number of nitrogens with zero attached hydrogens (tertiary/aromatic N) is 4. The minimum Gasteiger partial charge on any atom is -0.361 e. The first-order chi connectivity index (χ1) is 12.7. The Hall–Kier alpha value is -2.93. The van der Waals surface area contributed by atoms with Gasteiger partial charge in [-0.2, -0.15) is 0 Å². The minimum atomic E-state index is -0.0854. The average molecular weight is 350 g/mol. The molecule has 2 aromatic heterocycles. The van der Waals surface area contributed by atoms with E-state index in [1.807, 2.05) is 36.5 Å². The zero-order chi connectivity index (χ0) is 17.9. The lowest BCUT2D eigenvalue weighted by molar-refractivity contribution is -0.115. The van der Waals surface area contributed by atoms with Crippen LogP contribution in [0.25, 0.3) is 10.9 Å². The van der Waals surface area contributed by atoms with Crippen molar-refractivity contribution in [3.05, 3.63) is 48.4 Å². The van der Waals surface area contributed by atoms with E-state index >= 15 is 0 Å². The SMILES string of the molecule is CN1CCN(c2cc(NC(=O)Cc3c[nH]c4ccccc34)ncn2)CC1. The molecule has 7 heteroatoms. The van der Waals surface area contributed by atoms with E-state index in [9.17, 15) is 4.79 Å². The third-order valence-electron chi connectivity index (χ3n) is 4.77. The van der Waals surface area contributed by atoms with Crippen molar-refractivity contribution in [3.8, 4) is 0 Å². The number of hydrogen-bond acceptors (Lipinski definition) is 5. The van der Waals surface area contributed by atoms with Gasteiger partial charge in [-0.05, 0) is 18.7 Å². The number of piperazine rings is 1. The number of nitrogens with one attached hydrogen (secondary N) is 2. The van der Waals surface area contributed by atoms with Crippen LogP contribution in [0.5, 0.6) is 0 Å². The van der Waals surface area contributed by atoms with Crippen LogP contribution in [-0.2, 0) is 11.2 Å². The Bertz CT molecular complexity index is 913. The maximum Gasteiger partial charge on any atom is 0.230 e. The lowest BCUT2D eigenvalue weighted by Gasteiger charge is -2.33. The molecule has 0 atom stereocenters. The van der Waals surface area contributed by atoms with E-state index in [1.54, 1.807) is 0 Å². The van der Waals surface area contributed by atoms with Crippen molar-refractivity contribution in [2.24, 2.45) is 0 Å². The van der Waals surface area contributed by atoms with Gasteiger partial charge in [-0.25, -0.2) is 9.97 Å². The van der Waals surface area contributed by atoms with Crippen LogP contribution in [-0.4, -0.2) is 59.0 Å². The summed E-state index contributed by atoms with van der Waals surface area (Å²) < 4.78 is 0. The maximum absolute atomic E-state index is 12.4. The molecule has 0 radical (unpaired) electrons. The first-order valence-corrected chi connectivity index (χ1v) is 8.79. The lowest BCUT2D eigenvalue weighted by Crippen LogP contribution is -2.44. The second-order valence-corrected chi connectivity index (χ2v) is 6.64. The number of hydrogen-bond donors (Lipinski definition) is 2. The van der Waals surface area contributed by atoms with Crippen LogP contribution >= 0.6 is 0 Å². The molecular formula is C19H22N6O. The summed E-state index contributed by atoms with van der Waals surface area (Å²) in [5.41, 5.74) is 2.01. The van der Waals surface area contributed by atoms with Crippen LogP contribution in [0.15, 0.2) is 42.9 Å². The normalized spacial score (nSPS) is 15.3. The van der Waals surface area contributed by atoms with Crippen molar-refractivity contribution in [1.29, 1.82) is 0 Å². The van der Waals surface area contributed by atoms with E-state index < -0.39 is 0 Å². The molecule has 0 spiro atoms. The van der Waals surface area contributed by atoms with Gasteiger partial charge in [0.25, 0.3) is 0 Å². The number of amides is 1. The minimum absolute atomic E-state index is 0.0854. The van der Waals surface area contributed by atoms with Crippen LogP contribution in [0, 0.1) is 0 Å². The van der Waals surface area contributed by atoms with Crippen molar-refractivity contribution in [2.75, 3.05) is 43.4 Å². The third-order valence-corrected chi connectivity index (χ3v) is 4.77. The molecule has 1 saturated heterocycles. The number of carbonyl (C=O) groups is 1. The van der Waals surface area contributed by atoms with Crippen LogP contribution in [0.4, 0.5) is 11.6 Å². The fraction of sp³-hybridized carbons (Fsp3) is 0.316. The molecule has 26 heavy (non-hydrogen) atoms. The average Bonchev–Trinajstić information content (AvgIpc) is 3.05. The molecule has 1 aliphatic heterocycles.